The van der Waals surface area contributed by atoms with E-state index in [4.69, 9.17) is 0 Å². The van der Waals surface area contributed by atoms with Gasteiger partial charge in [0.25, 0.3) is 0 Å². The van der Waals surface area contributed by atoms with Crippen LogP contribution in [-0.4, -0.2) is 9.91 Å². The van der Waals surface area contributed by atoms with Crippen LogP contribution in [0.15, 0.2) is 28.9 Å². The van der Waals surface area contributed by atoms with Gasteiger partial charge >= 0.3 is 5.69 Å². The molecular formula is C11H10BrN3O2S. The molecule has 0 saturated heterocycles. The number of aryl methyl sites for hydroxylation is 1. The minimum absolute atomic E-state index is 0.0300. The van der Waals surface area contributed by atoms with Gasteiger partial charge in [0.05, 0.1) is 11.5 Å². The van der Waals surface area contributed by atoms with Gasteiger partial charge in [-0.25, -0.2) is 4.98 Å². The molecule has 7 heteroatoms. The number of pyridine rings is 1. The van der Waals surface area contributed by atoms with Crippen LogP contribution in [-0.2, 0) is 6.54 Å². The third-order valence-corrected chi connectivity index (χ3v) is 3.69. The third-order valence-electron chi connectivity index (χ3n) is 2.26. The molecule has 0 radical (unpaired) electrons. The number of nitrogens with one attached hydrogen (secondary N) is 1. The van der Waals surface area contributed by atoms with Gasteiger partial charge in [0.1, 0.15) is 0 Å². The van der Waals surface area contributed by atoms with Crippen molar-refractivity contribution in [3.63, 3.8) is 0 Å². The number of aromatic nitrogens is 1. The minimum Gasteiger partial charge on any atom is -0.359 e. The van der Waals surface area contributed by atoms with Gasteiger partial charge in [-0.3, -0.25) is 10.1 Å². The normalized spacial score (nSPS) is 10.3. The predicted molar refractivity (Wildman–Crippen MR) is 75.0 cm³/mol. The molecule has 2 aromatic rings. The van der Waals surface area contributed by atoms with Gasteiger partial charge in [0.15, 0.2) is 0 Å². The lowest BCUT2D eigenvalue weighted by Crippen LogP contribution is -2.03. The number of hydrogen-bond acceptors (Lipinski definition) is 5. The second kappa shape index (κ2) is 5.45. The van der Waals surface area contributed by atoms with Crippen molar-refractivity contribution in [2.45, 2.75) is 13.5 Å². The van der Waals surface area contributed by atoms with Gasteiger partial charge in [-0.05, 0) is 35.0 Å². The monoisotopic (exact) mass is 327 g/mol. The Morgan fingerprint density at radius 1 is 1.56 bits per heavy atom. The Kier molecular flexibility index (Phi) is 3.93. The standard InChI is InChI=1S/C11H10BrN3O2S/c1-7-2-3-9(18-7)6-14-11-10(15(16)17)4-8(12)5-13-11/h2-5H,6H2,1H3,(H,13,14). The van der Waals surface area contributed by atoms with Crippen LogP contribution >= 0.6 is 27.3 Å². The fraction of sp³-hybridized carbons (Fsp3) is 0.182. The molecule has 18 heavy (non-hydrogen) atoms. The lowest BCUT2D eigenvalue weighted by molar-refractivity contribution is -0.384. The highest BCUT2D eigenvalue weighted by atomic mass is 79.9. The molecule has 1 N–H and O–H groups in total. The second-order valence-corrected chi connectivity index (χ2v) is 5.93. The number of anilines is 1. The van der Waals surface area contributed by atoms with E-state index in [9.17, 15) is 10.1 Å². The van der Waals surface area contributed by atoms with E-state index < -0.39 is 4.92 Å². The van der Waals surface area contributed by atoms with Crippen molar-refractivity contribution in [1.82, 2.24) is 4.98 Å². The smallest absolute Gasteiger partial charge is 0.312 e. The van der Waals surface area contributed by atoms with Crippen LogP contribution < -0.4 is 5.32 Å². The summed E-state index contributed by atoms with van der Waals surface area (Å²) in [5.41, 5.74) is -0.0300. The molecule has 0 amide bonds. The third kappa shape index (κ3) is 3.05. The molecule has 0 saturated carbocycles. The van der Waals surface area contributed by atoms with Crippen molar-refractivity contribution < 1.29 is 4.92 Å². The molecule has 94 valence electrons. The maximum Gasteiger partial charge on any atom is 0.312 e. The number of rotatable bonds is 4. The van der Waals surface area contributed by atoms with E-state index in [0.717, 1.165) is 4.88 Å². The molecule has 0 unspecified atom stereocenters. The van der Waals surface area contributed by atoms with E-state index in [2.05, 4.69) is 26.2 Å². The predicted octanol–water partition coefficient (Wildman–Crippen LogP) is 3.73. The number of nitro groups is 1. The number of halogens is 1. The van der Waals surface area contributed by atoms with Crippen molar-refractivity contribution in [2.75, 3.05) is 5.32 Å². The Hall–Kier alpha value is -1.47. The van der Waals surface area contributed by atoms with Crippen LogP contribution in [0.3, 0.4) is 0 Å². The largest absolute Gasteiger partial charge is 0.359 e. The molecule has 0 aliphatic carbocycles. The molecule has 2 heterocycles. The molecule has 0 fully saturated rings. The van der Waals surface area contributed by atoms with Crippen molar-refractivity contribution >= 4 is 38.8 Å². The van der Waals surface area contributed by atoms with Gasteiger partial charge in [-0.1, -0.05) is 0 Å². The average Bonchev–Trinajstić information content (AvgIpc) is 2.73. The van der Waals surface area contributed by atoms with Crippen molar-refractivity contribution in [3.05, 3.63) is 48.7 Å². The summed E-state index contributed by atoms with van der Waals surface area (Å²) in [7, 11) is 0. The fourth-order valence-electron chi connectivity index (χ4n) is 1.45. The maximum absolute atomic E-state index is 10.9. The Morgan fingerprint density at radius 2 is 2.33 bits per heavy atom. The van der Waals surface area contributed by atoms with Gasteiger partial charge in [-0.15, -0.1) is 11.3 Å². The molecule has 0 aromatic carbocycles. The summed E-state index contributed by atoms with van der Waals surface area (Å²) in [5.74, 6) is 0.286. The van der Waals surface area contributed by atoms with E-state index in [0.29, 0.717) is 11.0 Å². The van der Waals surface area contributed by atoms with Crippen LogP contribution in [0.4, 0.5) is 11.5 Å². The molecular weight excluding hydrogens is 318 g/mol. The van der Waals surface area contributed by atoms with E-state index in [-0.39, 0.29) is 11.5 Å². The summed E-state index contributed by atoms with van der Waals surface area (Å²) in [6, 6.07) is 5.46. The Balaban J connectivity index is 2.16. The van der Waals surface area contributed by atoms with Crippen LogP contribution in [0.25, 0.3) is 0 Å². The van der Waals surface area contributed by atoms with Crippen molar-refractivity contribution in [2.24, 2.45) is 0 Å². The number of hydrogen-bond donors (Lipinski definition) is 1. The van der Waals surface area contributed by atoms with E-state index in [1.165, 1.54) is 17.1 Å². The highest BCUT2D eigenvalue weighted by Crippen LogP contribution is 2.26. The van der Waals surface area contributed by atoms with Crippen LogP contribution in [0.5, 0.6) is 0 Å². The summed E-state index contributed by atoms with van der Waals surface area (Å²) >= 11 is 4.83. The first-order valence-corrected chi connectivity index (χ1v) is 6.76. The topological polar surface area (TPSA) is 68.1 Å². The molecule has 0 bridgehead atoms. The Morgan fingerprint density at radius 3 is 2.94 bits per heavy atom. The zero-order valence-electron chi connectivity index (χ0n) is 9.51. The Labute approximate surface area is 116 Å². The van der Waals surface area contributed by atoms with Crippen molar-refractivity contribution in [1.29, 1.82) is 0 Å². The summed E-state index contributed by atoms with van der Waals surface area (Å²) in [6.45, 7) is 2.56. The van der Waals surface area contributed by atoms with Gasteiger partial charge in [-0.2, -0.15) is 0 Å². The SMILES string of the molecule is Cc1ccc(CNc2ncc(Br)cc2[N+](=O)[O-])s1. The Bertz CT molecular complexity index is 585. The first kappa shape index (κ1) is 13.0. The van der Waals surface area contributed by atoms with Crippen LogP contribution in [0, 0.1) is 17.0 Å². The fourth-order valence-corrected chi connectivity index (χ4v) is 2.60. The van der Waals surface area contributed by atoms with E-state index in [1.54, 1.807) is 11.3 Å². The van der Waals surface area contributed by atoms with Gasteiger partial charge < -0.3 is 5.32 Å². The summed E-state index contributed by atoms with van der Waals surface area (Å²) in [6.07, 6.45) is 1.54. The molecule has 5 nitrogen and oxygen atoms in total. The van der Waals surface area contributed by atoms with Gasteiger partial charge in [0.2, 0.25) is 5.82 Å². The first-order chi connectivity index (χ1) is 8.56. The van der Waals surface area contributed by atoms with Crippen molar-refractivity contribution in [3.8, 4) is 0 Å². The lowest BCUT2D eigenvalue weighted by atomic mass is 10.3. The quantitative estimate of drug-likeness (QED) is 0.686. The zero-order chi connectivity index (χ0) is 13.1. The van der Waals surface area contributed by atoms with Crippen LogP contribution in [0.1, 0.15) is 9.75 Å². The highest BCUT2D eigenvalue weighted by molar-refractivity contribution is 9.10. The summed E-state index contributed by atoms with van der Waals surface area (Å²) in [5, 5.41) is 13.9. The molecule has 0 aliphatic heterocycles. The summed E-state index contributed by atoms with van der Waals surface area (Å²) in [4.78, 5) is 16.8. The minimum atomic E-state index is -0.445. The van der Waals surface area contributed by atoms with Crippen LogP contribution in [0.2, 0.25) is 0 Å². The highest BCUT2D eigenvalue weighted by Gasteiger charge is 2.15. The number of nitrogens with zero attached hydrogens (tertiary/aromatic N) is 2. The first-order valence-electron chi connectivity index (χ1n) is 5.15. The molecule has 2 aromatic heterocycles. The van der Waals surface area contributed by atoms with E-state index in [1.807, 2.05) is 19.1 Å². The molecule has 0 atom stereocenters. The molecule has 2 rings (SSSR count). The van der Waals surface area contributed by atoms with E-state index >= 15 is 0 Å². The second-order valence-electron chi connectivity index (χ2n) is 3.64. The number of thiophene rings is 1. The lowest BCUT2D eigenvalue weighted by Gasteiger charge is -2.04. The maximum atomic E-state index is 10.9. The molecule has 0 spiro atoms. The van der Waals surface area contributed by atoms with Gasteiger partial charge in [0, 0.05) is 26.5 Å². The summed E-state index contributed by atoms with van der Waals surface area (Å²) < 4.78 is 0.590. The molecule has 0 aliphatic rings. The zero-order valence-corrected chi connectivity index (χ0v) is 11.9. The average molecular weight is 328 g/mol.